The monoisotopic (exact) mass is 321 g/mol. The molecule has 1 aromatic rings. The molecule has 0 saturated carbocycles. The zero-order valence-electron chi connectivity index (χ0n) is 14.1. The van der Waals surface area contributed by atoms with E-state index >= 15 is 0 Å². The predicted molar refractivity (Wildman–Crippen MR) is 87.6 cm³/mol. The Morgan fingerprint density at radius 3 is 2.87 bits per heavy atom. The van der Waals surface area contributed by atoms with Crippen LogP contribution < -0.4 is 5.32 Å². The van der Waals surface area contributed by atoms with E-state index < -0.39 is 0 Å². The number of likely N-dealkylation sites (tertiary alicyclic amines) is 1. The van der Waals surface area contributed by atoms with Crippen LogP contribution in [0, 0.1) is 5.92 Å². The van der Waals surface area contributed by atoms with Crippen LogP contribution in [0.3, 0.4) is 0 Å². The van der Waals surface area contributed by atoms with Crippen LogP contribution in [-0.2, 0) is 16.1 Å². The van der Waals surface area contributed by atoms with E-state index in [0.29, 0.717) is 26.1 Å². The zero-order chi connectivity index (χ0) is 16.7. The summed E-state index contributed by atoms with van der Waals surface area (Å²) in [6.45, 7) is 8.91. The van der Waals surface area contributed by atoms with Crippen LogP contribution in [0.2, 0.25) is 0 Å². The van der Waals surface area contributed by atoms with Crippen molar-refractivity contribution in [3.05, 3.63) is 24.2 Å². The summed E-state index contributed by atoms with van der Waals surface area (Å²) in [4.78, 5) is 28.2. The lowest BCUT2D eigenvalue weighted by Crippen LogP contribution is -2.35. The van der Waals surface area contributed by atoms with Crippen molar-refractivity contribution in [3.63, 3.8) is 0 Å². The van der Waals surface area contributed by atoms with Crippen molar-refractivity contribution in [1.82, 2.24) is 15.1 Å². The average molecular weight is 321 g/mol. The lowest BCUT2D eigenvalue weighted by atomic mass is 10.1. The fourth-order valence-electron chi connectivity index (χ4n) is 2.89. The predicted octanol–water partition coefficient (Wildman–Crippen LogP) is 1.48. The third-order valence-corrected chi connectivity index (χ3v) is 4.36. The molecule has 1 unspecified atom stereocenters. The van der Waals surface area contributed by atoms with Gasteiger partial charge >= 0.3 is 0 Å². The molecule has 0 radical (unpaired) electrons. The molecule has 128 valence electrons. The summed E-state index contributed by atoms with van der Waals surface area (Å²) in [5.74, 6) is 0.508. The normalized spacial score (nSPS) is 18.0. The maximum atomic E-state index is 12.2. The minimum atomic E-state index is -0.245. The van der Waals surface area contributed by atoms with Crippen molar-refractivity contribution in [2.45, 2.75) is 33.2 Å². The molecule has 1 fully saturated rings. The number of carbonyl (C=O) groups is 2. The number of amides is 2. The molecule has 6 nitrogen and oxygen atoms in total. The van der Waals surface area contributed by atoms with Gasteiger partial charge in [0.1, 0.15) is 5.76 Å². The van der Waals surface area contributed by atoms with Crippen molar-refractivity contribution in [1.29, 1.82) is 0 Å². The number of nitrogens with one attached hydrogen (secondary N) is 1. The Labute approximate surface area is 137 Å². The number of carbonyl (C=O) groups excluding carboxylic acids is 2. The summed E-state index contributed by atoms with van der Waals surface area (Å²) in [6.07, 6.45) is 2.82. The number of rotatable bonds is 9. The van der Waals surface area contributed by atoms with Gasteiger partial charge in [-0.25, -0.2) is 0 Å². The van der Waals surface area contributed by atoms with Crippen molar-refractivity contribution in [2.24, 2.45) is 5.92 Å². The second kappa shape index (κ2) is 8.72. The van der Waals surface area contributed by atoms with Gasteiger partial charge in [0.25, 0.3) is 0 Å². The van der Waals surface area contributed by atoms with Crippen molar-refractivity contribution in [2.75, 3.05) is 32.7 Å². The topological polar surface area (TPSA) is 65.8 Å². The summed E-state index contributed by atoms with van der Waals surface area (Å²) < 4.78 is 5.26. The van der Waals surface area contributed by atoms with Crippen LogP contribution in [0.4, 0.5) is 0 Å². The smallest absolute Gasteiger partial charge is 0.225 e. The first-order chi connectivity index (χ1) is 11.1. The van der Waals surface area contributed by atoms with Gasteiger partial charge in [0.05, 0.1) is 18.7 Å². The molecule has 2 heterocycles. The molecule has 1 aliphatic heterocycles. The van der Waals surface area contributed by atoms with Crippen molar-refractivity contribution < 1.29 is 14.0 Å². The van der Waals surface area contributed by atoms with Crippen LogP contribution >= 0.6 is 0 Å². The molecule has 0 spiro atoms. The molecule has 0 bridgehead atoms. The first-order valence-corrected chi connectivity index (χ1v) is 8.44. The summed E-state index contributed by atoms with van der Waals surface area (Å²) in [5.41, 5.74) is 0. The molecule has 1 atom stereocenters. The molecule has 2 rings (SSSR count). The van der Waals surface area contributed by atoms with E-state index in [1.54, 1.807) is 17.2 Å². The van der Waals surface area contributed by atoms with E-state index in [-0.39, 0.29) is 17.7 Å². The highest BCUT2D eigenvalue weighted by Gasteiger charge is 2.34. The fourth-order valence-corrected chi connectivity index (χ4v) is 2.89. The van der Waals surface area contributed by atoms with Crippen LogP contribution in [-0.4, -0.2) is 54.3 Å². The standard InChI is InChI=1S/C17H27N3O3/c1-3-19(4-2)9-6-8-18-17(22)14-11-16(21)20(12-14)13-15-7-5-10-23-15/h5,7,10,14H,3-4,6,8-9,11-13H2,1-2H3,(H,18,22). The fraction of sp³-hybridized carbons (Fsp3) is 0.647. The number of hydrogen-bond acceptors (Lipinski definition) is 4. The largest absolute Gasteiger partial charge is 0.467 e. The molecule has 1 aliphatic rings. The third-order valence-electron chi connectivity index (χ3n) is 4.36. The highest BCUT2D eigenvalue weighted by molar-refractivity contribution is 5.89. The summed E-state index contributed by atoms with van der Waals surface area (Å²) in [5, 5.41) is 2.96. The molecule has 1 aromatic heterocycles. The lowest BCUT2D eigenvalue weighted by molar-refractivity contribution is -0.129. The molecule has 0 aliphatic carbocycles. The summed E-state index contributed by atoms with van der Waals surface area (Å²) in [6, 6.07) is 3.64. The summed E-state index contributed by atoms with van der Waals surface area (Å²) in [7, 11) is 0. The van der Waals surface area contributed by atoms with E-state index in [1.807, 2.05) is 6.07 Å². The molecule has 23 heavy (non-hydrogen) atoms. The number of furan rings is 1. The Balaban J connectivity index is 1.70. The van der Waals surface area contributed by atoms with E-state index in [1.165, 1.54) is 0 Å². The molecule has 6 heteroatoms. The molecule has 1 saturated heterocycles. The van der Waals surface area contributed by atoms with E-state index in [4.69, 9.17) is 4.42 Å². The Kier molecular flexibility index (Phi) is 6.65. The second-order valence-electron chi connectivity index (χ2n) is 5.93. The van der Waals surface area contributed by atoms with E-state index in [9.17, 15) is 9.59 Å². The average Bonchev–Trinajstić information content (AvgIpc) is 3.18. The van der Waals surface area contributed by atoms with Crippen molar-refractivity contribution in [3.8, 4) is 0 Å². The quantitative estimate of drug-likeness (QED) is 0.700. The zero-order valence-corrected chi connectivity index (χ0v) is 14.1. The van der Waals surface area contributed by atoms with Crippen LogP contribution in [0.1, 0.15) is 32.4 Å². The molecular weight excluding hydrogens is 294 g/mol. The van der Waals surface area contributed by atoms with Crippen LogP contribution in [0.5, 0.6) is 0 Å². The lowest BCUT2D eigenvalue weighted by Gasteiger charge is -2.18. The molecular formula is C17H27N3O3. The van der Waals surface area contributed by atoms with Gasteiger partial charge in [-0.05, 0) is 38.2 Å². The van der Waals surface area contributed by atoms with Gasteiger partial charge in [0.15, 0.2) is 0 Å². The maximum Gasteiger partial charge on any atom is 0.225 e. The Morgan fingerprint density at radius 2 is 2.22 bits per heavy atom. The van der Waals surface area contributed by atoms with E-state index in [2.05, 4.69) is 24.1 Å². The minimum Gasteiger partial charge on any atom is -0.467 e. The van der Waals surface area contributed by atoms with Crippen molar-refractivity contribution >= 4 is 11.8 Å². The van der Waals surface area contributed by atoms with Crippen LogP contribution in [0.25, 0.3) is 0 Å². The summed E-state index contributed by atoms with van der Waals surface area (Å²) >= 11 is 0. The third kappa shape index (κ3) is 5.10. The number of hydrogen-bond donors (Lipinski definition) is 1. The van der Waals surface area contributed by atoms with Gasteiger partial charge in [-0.15, -0.1) is 0 Å². The molecule has 1 N–H and O–H groups in total. The highest BCUT2D eigenvalue weighted by Crippen LogP contribution is 2.20. The van der Waals surface area contributed by atoms with Gasteiger partial charge in [-0.1, -0.05) is 13.8 Å². The van der Waals surface area contributed by atoms with Gasteiger partial charge in [-0.2, -0.15) is 0 Å². The molecule has 2 amide bonds. The highest BCUT2D eigenvalue weighted by atomic mass is 16.3. The second-order valence-corrected chi connectivity index (χ2v) is 5.93. The van der Waals surface area contributed by atoms with Gasteiger partial charge in [0.2, 0.25) is 11.8 Å². The van der Waals surface area contributed by atoms with Gasteiger partial charge in [-0.3, -0.25) is 9.59 Å². The first-order valence-electron chi connectivity index (χ1n) is 8.44. The molecule has 0 aromatic carbocycles. The van der Waals surface area contributed by atoms with Crippen LogP contribution in [0.15, 0.2) is 22.8 Å². The van der Waals surface area contributed by atoms with Gasteiger partial charge in [0, 0.05) is 19.5 Å². The Morgan fingerprint density at radius 1 is 1.43 bits per heavy atom. The van der Waals surface area contributed by atoms with Gasteiger partial charge < -0.3 is 19.5 Å². The Hall–Kier alpha value is -1.82. The SMILES string of the molecule is CCN(CC)CCCNC(=O)C1CC(=O)N(Cc2ccco2)C1. The van der Waals surface area contributed by atoms with E-state index in [0.717, 1.165) is 31.8 Å². The Bertz CT molecular complexity index is 497. The number of nitrogens with zero attached hydrogens (tertiary/aromatic N) is 2. The first kappa shape index (κ1) is 17.5. The minimum absolute atomic E-state index is 0.0140. The maximum absolute atomic E-state index is 12.2.